The van der Waals surface area contributed by atoms with E-state index in [1.54, 1.807) is 0 Å². The van der Waals surface area contributed by atoms with Gasteiger partial charge in [-0.1, -0.05) is 12.1 Å². The Kier molecular flexibility index (Phi) is 9.23. The molecular formula is C18H24N4O8. The van der Waals surface area contributed by atoms with Crippen LogP contribution in [0.1, 0.15) is 24.8 Å². The highest BCUT2D eigenvalue weighted by atomic mass is 16.4. The Morgan fingerprint density at radius 1 is 0.933 bits per heavy atom. The monoisotopic (exact) mass is 424 g/mol. The number of hydrogen-bond donors (Lipinski definition) is 7. The number of rotatable bonds is 12. The summed E-state index contributed by atoms with van der Waals surface area (Å²) in [4.78, 5) is 57.8. The van der Waals surface area contributed by atoms with Crippen molar-refractivity contribution in [3.05, 3.63) is 29.8 Å². The molecule has 3 amide bonds. The molecule has 12 nitrogen and oxygen atoms in total. The zero-order valence-electron chi connectivity index (χ0n) is 15.9. The van der Waals surface area contributed by atoms with Crippen LogP contribution in [0, 0.1) is 0 Å². The highest BCUT2D eigenvalue weighted by Gasteiger charge is 2.29. The van der Waals surface area contributed by atoms with Crippen LogP contribution < -0.4 is 22.1 Å². The highest BCUT2D eigenvalue weighted by molar-refractivity contribution is 5.93. The summed E-state index contributed by atoms with van der Waals surface area (Å²) in [5, 5.41) is 31.8. The van der Waals surface area contributed by atoms with Gasteiger partial charge in [-0.25, -0.2) is 4.79 Å². The predicted molar refractivity (Wildman–Crippen MR) is 102 cm³/mol. The van der Waals surface area contributed by atoms with Crippen molar-refractivity contribution in [3.63, 3.8) is 0 Å². The van der Waals surface area contributed by atoms with Crippen LogP contribution in [0.15, 0.2) is 24.3 Å². The van der Waals surface area contributed by atoms with Gasteiger partial charge in [0.1, 0.15) is 17.8 Å². The number of carboxylic acid groups (broad SMARTS) is 2. The van der Waals surface area contributed by atoms with Crippen LogP contribution >= 0.6 is 0 Å². The molecule has 1 aromatic carbocycles. The first-order valence-electron chi connectivity index (χ1n) is 8.86. The molecule has 0 bridgehead atoms. The maximum absolute atomic E-state index is 12.6. The first-order valence-corrected chi connectivity index (χ1v) is 8.86. The molecule has 1 rings (SSSR count). The summed E-state index contributed by atoms with van der Waals surface area (Å²) in [6.07, 6.45) is -1.41. The lowest BCUT2D eigenvalue weighted by Crippen LogP contribution is -2.55. The van der Waals surface area contributed by atoms with Crippen molar-refractivity contribution in [3.8, 4) is 5.75 Å². The first-order chi connectivity index (χ1) is 14.0. The number of nitrogens with one attached hydrogen (secondary N) is 2. The average Bonchev–Trinajstić information content (AvgIpc) is 2.64. The lowest BCUT2D eigenvalue weighted by atomic mass is 10.0. The van der Waals surface area contributed by atoms with Gasteiger partial charge in [0, 0.05) is 12.8 Å². The third-order valence-electron chi connectivity index (χ3n) is 4.03. The molecule has 0 fully saturated rings. The van der Waals surface area contributed by atoms with Gasteiger partial charge < -0.3 is 37.4 Å². The lowest BCUT2D eigenvalue weighted by molar-refractivity contribution is -0.143. The molecule has 0 unspecified atom stereocenters. The highest BCUT2D eigenvalue weighted by Crippen LogP contribution is 2.12. The maximum atomic E-state index is 12.6. The fourth-order valence-electron chi connectivity index (χ4n) is 2.46. The molecule has 0 aliphatic heterocycles. The van der Waals surface area contributed by atoms with E-state index in [9.17, 15) is 34.2 Å². The molecule has 0 saturated heterocycles. The number of hydrogen-bond acceptors (Lipinski definition) is 7. The number of phenols is 1. The molecule has 0 aromatic heterocycles. The van der Waals surface area contributed by atoms with E-state index < -0.39 is 60.6 Å². The topological polar surface area (TPSA) is 222 Å². The van der Waals surface area contributed by atoms with E-state index in [1.165, 1.54) is 24.3 Å². The number of benzene rings is 1. The van der Waals surface area contributed by atoms with Gasteiger partial charge in [-0.05, 0) is 24.1 Å². The minimum Gasteiger partial charge on any atom is -0.508 e. The van der Waals surface area contributed by atoms with Crippen LogP contribution in [0.5, 0.6) is 5.75 Å². The van der Waals surface area contributed by atoms with Crippen molar-refractivity contribution in [2.45, 2.75) is 43.8 Å². The summed E-state index contributed by atoms with van der Waals surface area (Å²) >= 11 is 0. The Morgan fingerprint density at radius 3 is 2.00 bits per heavy atom. The predicted octanol–water partition coefficient (Wildman–Crippen LogP) is -1.94. The normalized spacial score (nSPS) is 13.5. The van der Waals surface area contributed by atoms with Crippen LogP contribution in [-0.4, -0.2) is 63.1 Å². The second-order valence-corrected chi connectivity index (χ2v) is 6.54. The summed E-state index contributed by atoms with van der Waals surface area (Å²) in [7, 11) is 0. The molecular weight excluding hydrogens is 400 g/mol. The quantitative estimate of drug-likeness (QED) is 0.198. The molecule has 0 spiro atoms. The standard InChI is InChI=1S/C18H24N4O8/c19-11(8-14(20)24)16(27)22-13(7-9-1-3-10(23)4-2-9)17(28)21-12(18(29)30)5-6-15(25)26/h1-4,11-13,23H,5-8,19H2,(H2,20,24)(H,21,28)(H,22,27)(H,25,26)(H,29,30)/t11-,12-,13-/m0/s1. The fourth-order valence-corrected chi connectivity index (χ4v) is 2.46. The zero-order valence-corrected chi connectivity index (χ0v) is 15.9. The second-order valence-electron chi connectivity index (χ2n) is 6.54. The number of nitrogens with two attached hydrogens (primary N) is 2. The third kappa shape index (κ3) is 8.56. The lowest BCUT2D eigenvalue weighted by Gasteiger charge is -2.22. The number of phenolic OH excluding ortho intramolecular Hbond substituents is 1. The number of aromatic hydroxyl groups is 1. The molecule has 0 aliphatic rings. The molecule has 0 heterocycles. The molecule has 9 N–H and O–H groups in total. The smallest absolute Gasteiger partial charge is 0.326 e. The Bertz CT molecular complexity index is 796. The van der Waals surface area contributed by atoms with Gasteiger partial charge in [0.15, 0.2) is 0 Å². The Balaban J connectivity index is 2.98. The van der Waals surface area contributed by atoms with Gasteiger partial charge in [-0.3, -0.25) is 19.2 Å². The Hall–Kier alpha value is -3.67. The maximum Gasteiger partial charge on any atom is 0.326 e. The summed E-state index contributed by atoms with van der Waals surface area (Å²) < 4.78 is 0. The molecule has 164 valence electrons. The van der Waals surface area contributed by atoms with E-state index >= 15 is 0 Å². The molecule has 0 aliphatic carbocycles. The fraction of sp³-hybridized carbons (Fsp3) is 0.389. The minimum absolute atomic E-state index is 0.0214. The van der Waals surface area contributed by atoms with E-state index in [4.69, 9.17) is 16.6 Å². The van der Waals surface area contributed by atoms with Gasteiger partial charge in [0.05, 0.1) is 12.5 Å². The third-order valence-corrected chi connectivity index (χ3v) is 4.03. The van der Waals surface area contributed by atoms with Crippen LogP contribution in [0.3, 0.4) is 0 Å². The van der Waals surface area contributed by atoms with E-state index in [1.807, 2.05) is 0 Å². The number of carboxylic acids is 2. The summed E-state index contributed by atoms with van der Waals surface area (Å²) in [5.41, 5.74) is 11.1. The number of primary amides is 1. The number of amides is 3. The molecule has 12 heteroatoms. The molecule has 3 atom stereocenters. The van der Waals surface area contributed by atoms with Crippen molar-refractivity contribution in [2.75, 3.05) is 0 Å². The van der Waals surface area contributed by atoms with Crippen LogP contribution in [0.25, 0.3) is 0 Å². The molecule has 0 radical (unpaired) electrons. The largest absolute Gasteiger partial charge is 0.508 e. The van der Waals surface area contributed by atoms with Gasteiger partial charge >= 0.3 is 11.9 Å². The Labute approximate surface area is 171 Å². The van der Waals surface area contributed by atoms with Crippen molar-refractivity contribution < 1.29 is 39.3 Å². The SMILES string of the molecule is NC(=O)C[C@H](N)C(=O)N[C@@H](Cc1ccc(O)cc1)C(=O)N[C@@H](CCC(=O)O)C(=O)O. The van der Waals surface area contributed by atoms with E-state index in [-0.39, 0.29) is 18.6 Å². The van der Waals surface area contributed by atoms with Crippen molar-refractivity contribution in [1.82, 2.24) is 10.6 Å². The zero-order chi connectivity index (χ0) is 22.8. The van der Waals surface area contributed by atoms with Crippen LogP contribution in [0.4, 0.5) is 0 Å². The van der Waals surface area contributed by atoms with Crippen LogP contribution in [0.2, 0.25) is 0 Å². The minimum atomic E-state index is -1.49. The van der Waals surface area contributed by atoms with Gasteiger partial charge in [-0.15, -0.1) is 0 Å². The van der Waals surface area contributed by atoms with Crippen molar-refractivity contribution in [1.29, 1.82) is 0 Å². The van der Waals surface area contributed by atoms with Gasteiger partial charge in [-0.2, -0.15) is 0 Å². The van der Waals surface area contributed by atoms with Gasteiger partial charge in [0.2, 0.25) is 17.7 Å². The summed E-state index contributed by atoms with van der Waals surface area (Å²) in [5.74, 6) is -5.26. The summed E-state index contributed by atoms with van der Waals surface area (Å²) in [6, 6.07) is 1.60. The molecule has 30 heavy (non-hydrogen) atoms. The number of carbonyl (C=O) groups excluding carboxylic acids is 3. The number of carbonyl (C=O) groups is 5. The van der Waals surface area contributed by atoms with Crippen LogP contribution in [-0.2, 0) is 30.4 Å². The van der Waals surface area contributed by atoms with Crippen molar-refractivity contribution in [2.24, 2.45) is 11.5 Å². The Morgan fingerprint density at radius 2 is 1.50 bits per heavy atom. The van der Waals surface area contributed by atoms with E-state index in [0.717, 1.165) is 0 Å². The average molecular weight is 424 g/mol. The molecule has 1 aromatic rings. The van der Waals surface area contributed by atoms with Gasteiger partial charge in [0.25, 0.3) is 0 Å². The first kappa shape index (κ1) is 24.4. The van der Waals surface area contributed by atoms with Crippen molar-refractivity contribution >= 4 is 29.7 Å². The number of aliphatic carboxylic acids is 2. The van der Waals surface area contributed by atoms with E-state index in [2.05, 4.69) is 10.6 Å². The molecule has 0 saturated carbocycles. The van der Waals surface area contributed by atoms with E-state index in [0.29, 0.717) is 5.56 Å². The summed E-state index contributed by atoms with van der Waals surface area (Å²) in [6.45, 7) is 0. The second kappa shape index (κ2) is 11.4.